The summed E-state index contributed by atoms with van der Waals surface area (Å²) in [6.45, 7) is 4.73. The molecule has 0 radical (unpaired) electrons. The quantitative estimate of drug-likeness (QED) is 0.546. The van der Waals surface area contributed by atoms with Crippen molar-refractivity contribution >= 4 is 0 Å². The Balaban J connectivity index is 1.17. The van der Waals surface area contributed by atoms with Gasteiger partial charge in [-0.15, -0.1) is 0 Å². The lowest BCUT2D eigenvalue weighted by Crippen LogP contribution is -2.68. The van der Waals surface area contributed by atoms with Crippen molar-refractivity contribution in [3.8, 4) is 11.5 Å². The number of hydrogen-bond donors (Lipinski definition) is 0. The lowest BCUT2D eigenvalue weighted by molar-refractivity contribution is -0.236. The Kier molecular flexibility index (Phi) is 3.21. The van der Waals surface area contributed by atoms with Crippen molar-refractivity contribution in [3.05, 3.63) is 59.7 Å². The van der Waals surface area contributed by atoms with Crippen LogP contribution in [0, 0.1) is 47.8 Å². The van der Waals surface area contributed by atoms with E-state index in [2.05, 4.69) is 62.4 Å². The highest BCUT2D eigenvalue weighted by molar-refractivity contribution is 5.39. The first kappa shape index (κ1) is 17.0. The molecule has 7 aliphatic rings. The van der Waals surface area contributed by atoms with E-state index < -0.39 is 0 Å². The van der Waals surface area contributed by atoms with E-state index >= 15 is 0 Å². The largest absolute Gasteiger partial charge is 0.457 e. The van der Waals surface area contributed by atoms with Crippen molar-refractivity contribution in [2.24, 2.45) is 40.9 Å². The Hall–Kier alpha value is -1.76. The van der Waals surface area contributed by atoms with Gasteiger partial charge in [0.1, 0.15) is 11.5 Å². The van der Waals surface area contributed by atoms with Crippen molar-refractivity contribution in [1.29, 1.82) is 0 Å². The number of ether oxygens (including phenoxy) is 1. The number of aryl methyl sites for hydroxylation is 1. The summed E-state index contributed by atoms with van der Waals surface area (Å²) in [4.78, 5) is 0. The monoisotopic (exact) mass is 384 g/mol. The van der Waals surface area contributed by atoms with Crippen molar-refractivity contribution in [3.63, 3.8) is 0 Å². The van der Waals surface area contributed by atoms with Crippen LogP contribution in [0.15, 0.2) is 48.5 Å². The molecular weight excluding hydrogens is 352 g/mol. The molecule has 0 unspecified atom stereocenters. The molecule has 0 atom stereocenters. The highest BCUT2D eigenvalue weighted by Crippen LogP contribution is 2.76. The molecule has 29 heavy (non-hydrogen) atoms. The van der Waals surface area contributed by atoms with E-state index in [1.807, 2.05) is 0 Å². The van der Waals surface area contributed by atoms with Gasteiger partial charge in [0.05, 0.1) is 0 Å². The average Bonchev–Trinajstić information content (AvgIpc) is 2.73. The Morgan fingerprint density at radius 1 is 0.621 bits per heavy atom. The summed E-state index contributed by atoms with van der Waals surface area (Å²) < 4.78 is 6.10. The molecule has 0 amide bonds. The molecule has 1 heteroatoms. The lowest BCUT2D eigenvalue weighted by atomic mass is 9.30. The standard InChI is InChI=1S/C28H32O/c1-17-3-7-19(8-4-17)29-20-9-5-18(6-10-20)28-14-24-21-11-27(2)12-22(24)26(16-28)23(13-27)25(21)15-28/h3-10,21-26H,11-16H2,1-2H3. The maximum Gasteiger partial charge on any atom is 0.127 e. The van der Waals surface area contributed by atoms with Crippen molar-refractivity contribution < 1.29 is 4.74 Å². The molecule has 0 heterocycles. The third-order valence-electron chi connectivity index (χ3n) is 10.1. The molecule has 2 aromatic carbocycles. The normalized spacial score (nSPS) is 45.7. The second kappa shape index (κ2) is 5.48. The Morgan fingerprint density at radius 2 is 1.03 bits per heavy atom. The first-order valence-corrected chi connectivity index (χ1v) is 11.9. The van der Waals surface area contributed by atoms with Crippen LogP contribution >= 0.6 is 0 Å². The lowest BCUT2D eigenvalue weighted by Gasteiger charge is -2.74. The van der Waals surface area contributed by atoms with Gasteiger partial charge >= 0.3 is 0 Å². The predicted octanol–water partition coefficient (Wildman–Crippen LogP) is 7.14. The zero-order valence-corrected chi connectivity index (χ0v) is 17.7. The summed E-state index contributed by atoms with van der Waals surface area (Å²) in [6.07, 6.45) is 9.04. The van der Waals surface area contributed by atoms with Gasteiger partial charge in [-0.1, -0.05) is 36.8 Å². The van der Waals surface area contributed by atoms with Gasteiger partial charge in [-0.3, -0.25) is 0 Å². The number of rotatable bonds is 3. The van der Waals surface area contributed by atoms with Gasteiger partial charge in [0.25, 0.3) is 0 Å². The van der Waals surface area contributed by atoms with Crippen molar-refractivity contribution in [1.82, 2.24) is 0 Å². The van der Waals surface area contributed by atoms with Gasteiger partial charge in [-0.25, -0.2) is 0 Å². The van der Waals surface area contributed by atoms with E-state index in [9.17, 15) is 0 Å². The maximum absolute atomic E-state index is 6.10. The van der Waals surface area contributed by atoms with E-state index in [4.69, 9.17) is 4.74 Å². The molecule has 2 aromatic rings. The van der Waals surface area contributed by atoms with E-state index in [1.165, 1.54) is 24.8 Å². The van der Waals surface area contributed by atoms with Crippen LogP contribution in [0.1, 0.15) is 56.6 Å². The molecule has 7 aliphatic carbocycles. The summed E-state index contributed by atoms with van der Waals surface area (Å²) >= 11 is 0. The molecule has 0 spiro atoms. The summed E-state index contributed by atoms with van der Waals surface area (Å²) in [5, 5.41) is 0. The van der Waals surface area contributed by atoms with E-state index in [1.54, 1.807) is 24.8 Å². The van der Waals surface area contributed by atoms with Crippen LogP contribution in [-0.4, -0.2) is 0 Å². The van der Waals surface area contributed by atoms with Crippen molar-refractivity contribution in [2.75, 3.05) is 0 Å². The summed E-state index contributed by atoms with van der Waals surface area (Å²) in [5.41, 5.74) is 4.05. The van der Waals surface area contributed by atoms with E-state index in [0.717, 1.165) is 47.0 Å². The van der Waals surface area contributed by atoms with Crippen LogP contribution in [0.2, 0.25) is 0 Å². The minimum absolute atomic E-state index is 0.469. The third-order valence-corrected chi connectivity index (χ3v) is 10.1. The van der Waals surface area contributed by atoms with Crippen LogP contribution in [0.4, 0.5) is 0 Å². The fourth-order valence-corrected chi connectivity index (χ4v) is 9.25. The second-order valence-corrected chi connectivity index (χ2v) is 11.7. The van der Waals surface area contributed by atoms with Crippen LogP contribution in [0.5, 0.6) is 11.5 Å². The maximum atomic E-state index is 6.10. The molecular formula is C28H32O. The molecule has 0 aliphatic heterocycles. The third kappa shape index (κ3) is 2.28. The van der Waals surface area contributed by atoms with Gasteiger partial charge in [0.2, 0.25) is 0 Å². The van der Waals surface area contributed by atoms with Crippen LogP contribution < -0.4 is 4.74 Å². The fraction of sp³-hybridized carbons (Fsp3) is 0.571. The smallest absolute Gasteiger partial charge is 0.127 e. The number of benzene rings is 2. The summed E-state index contributed by atoms with van der Waals surface area (Å²) in [7, 11) is 0. The zero-order chi connectivity index (χ0) is 19.4. The fourth-order valence-electron chi connectivity index (χ4n) is 9.25. The Labute approximate surface area is 174 Å². The van der Waals surface area contributed by atoms with Gasteiger partial charge in [0, 0.05) is 0 Å². The molecule has 150 valence electrons. The molecule has 1 nitrogen and oxygen atoms in total. The summed E-state index contributed by atoms with van der Waals surface area (Å²) in [5.74, 6) is 8.17. The molecule has 0 saturated heterocycles. The van der Waals surface area contributed by atoms with Gasteiger partial charge in [0.15, 0.2) is 0 Å². The second-order valence-electron chi connectivity index (χ2n) is 11.7. The minimum atomic E-state index is 0.469. The first-order chi connectivity index (χ1) is 14.0. The summed E-state index contributed by atoms with van der Waals surface area (Å²) in [6, 6.07) is 17.6. The van der Waals surface area contributed by atoms with Crippen LogP contribution in [0.25, 0.3) is 0 Å². The SMILES string of the molecule is Cc1ccc(Oc2ccc(C34CC5C6CC7(C)CC5C(C3)C(C7)C6C4)cc2)cc1. The van der Waals surface area contributed by atoms with Gasteiger partial charge in [-0.05, 0) is 122 Å². The molecule has 7 saturated carbocycles. The highest BCUT2D eigenvalue weighted by atomic mass is 16.5. The molecule has 9 rings (SSSR count). The van der Waals surface area contributed by atoms with Crippen LogP contribution in [-0.2, 0) is 5.41 Å². The van der Waals surface area contributed by atoms with Gasteiger partial charge < -0.3 is 4.74 Å². The molecule has 0 N–H and O–H groups in total. The molecule has 0 aromatic heterocycles. The van der Waals surface area contributed by atoms with Crippen LogP contribution in [0.3, 0.4) is 0 Å². The van der Waals surface area contributed by atoms with Gasteiger partial charge in [-0.2, -0.15) is 0 Å². The Morgan fingerprint density at radius 3 is 1.52 bits per heavy atom. The predicted molar refractivity (Wildman–Crippen MR) is 116 cm³/mol. The molecule has 7 fully saturated rings. The number of hydrogen-bond acceptors (Lipinski definition) is 1. The van der Waals surface area contributed by atoms with E-state index in [-0.39, 0.29) is 0 Å². The van der Waals surface area contributed by atoms with Crippen molar-refractivity contribution in [2.45, 2.75) is 57.8 Å². The highest BCUT2D eigenvalue weighted by Gasteiger charge is 2.69. The molecule has 8 bridgehead atoms. The minimum Gasteiger partial charge on any atom is -0.457 e. The topological polar surface area (TPSA) is 9.23 Å². The average molecular weight is 385 g/mol. The zero-order valence-electron chi connectivity index (χ0n) is 17.7. The van der Waals surface area contributed by atoms with E-state index in [0.29, 0.717) is 10.8 Å². The first-order valence-electron chi connectivity index (χ1n) is 11.9. The Bertz CT molecular complexity index is 890.